The predicted octanol–water partition coefficient (Wildman–Crippen LogP) is 6.71. The van der Waals surface area contributed by atoms with E-state index in [9.17, 15) is 45.3 Å². The first-order chi connectivity index (χ1) is 32.0. The molecule has 2 fully saturated rings. The molecule has 2 aliphatic heterocycles. The zero-order chi connectivity index (χ0) is 48.2. The number of aliphatic hydroxyl groups excluding tert-OH is 7. The smallest absolute Gasteiger partial charge is 0.306 e. The first-order valence-corrected chi connectivity index (χ1v) is 25.2. The molecule has 0 saturated carbocycles. The summed E-state index contributed by atoms with van der Waals surface area (Å²) in [5.41, 5.74) is 0. The van der Waals surface area contributed by atoms with Crippen LogP contribution in [0.25, 0.3) is 0 Å². The molecule has 66 heavy (non-hydrogen) atoms. The van der Waals surface area contributed by atoms with Crippen molar-refractivity contribution in [3.05, 3.63) is 48.6 Å². The second kappa shape index (κ2) is 38.3. The van der Waals surface area contributed by atoms with Gasteiger partial charge in [-0.3, -0.25) is 9.59 Å². The van der Waals surface area contributed by atoms with Crippen LogP contribution in [0, 0.1) is 0 Å². The summed E-state index contributed by atoms with van der Waals surface area (Å²) in [5.74, 6) is -0.956. The summed E-state index contributed by atoms with van der Waals surface area (Å²) in [6, 6.07) is 0. The average molecular weight is 941 g/mol. The highest BCUT2D eigenvalue weighted by Gasteiger charge is 2.47. The molecule has 0 amide bonds. The molecule has 4 unspecified atom stereocenters. The zero-order valence-electron chi connectivity index (χ0n) is 40.2. The molecule has 0 spiro atoms. The Morgan fingerprint density at radius 2 is 0.955 bits per heavy atom. The lowest BCUT2D eigenvalue weighted by Gasteiger charge is -2.42. The molecule has 11 atom stereocenters. The number of unbranched alkanes of at least 4 members (excludes halogenated alkanes) is 16. The third-order valence-electron chi connectivity index (χ3n) is 11.8. The van der Waals surface area contributed by atoms with E-state index >= 15 is 0 Å². The highest BCUT2D eigenvalue weighted by molar-refractivity contribution is 5.70. The molecule has 2 rings (SSSR count). The number of ether oxygens (including phenoxy) is 6. The van der Waals surface area contributed by atoms with Gasteiger partial charge in [0.1, 0.15) is 55.4 Å². The summed E-state index contributed by atoms with van der Waals surface area (Å²) in [5, 5.41) is 72.0. The quantitative estimate of drug-likeness (QED) is 0.0194. The molecule has 0 radical (unpaired) electrons. The van der Waals surface area contributed by atoms with Crippen LogP contribution in [0.15, 0.2) is 48.6 Å². The van der Waals surface area contributed by atoms with E-state index in [1.165, 1.54) is 38.5 Å². The Kier molecular flexibility index (Phi) is 34.6. The van der Waals surface area contributed by atoms with Gasteiger partial charge in [-0.2, -0.15) is 0 Å². The van der Waals surface area contributed by atoms with Crippen LogP contribution in [0.5, 0.6) is 0 Å². The number of allylic oxidation sites excluding steroid dienone is 8. The molecule has 15 heteroatoms. The van der Waals surface area contributed by atoms with Crippen LogP contribution in [-0.4, -0.2) is 142 Å². The second-order valence-electron chi connectivity index (χ2n) is 17.6. The lowest BCUT2D eigenvalue weighted by Crippen LogP contribution is -2.61. The number of rotatable bonds is 38. The third-order valence-corrected chi connectivity index (χ3v) is 11.8. The van der Waals surface area contributed by atoms with Crippen molar-refractivity contribution in [2.45, 2.75) is 235 Å². The Morgan fingerprint density at radius 1 is 0.500 bits per heavy atom. The molecular formula is C51H88O15. The van der Waals surface area contributed by atoms with E-state index in [1.807, 2.05) is 0 Å². The first-order valence-electron chi connectivity index (χ1n) is 25.2. The van der Waals surface area contributed by atoms with Gasteiger partial charge in [0.15, 0.2) is 18.7 Å². The molecule has 0 aromatic heterocycles. The van der Waals surface area contributed by atoms with Crippen molar-refractivity contribution < 1.29 is 73.8 Å². The van der Waals surface area contributed by atoms with Crippen LogP contribution in [0.3, 0.4) is 0 Å². The lowest BCUT2D eigenvalue weighted by atomic mass is 9.98. The highest BCUT2D eigenvalue weighted by Crippen LogP contribution is 2.26. The van der Waals surface area contributed by atoms with Crippen molar-refractivity contribution in [1.29, 1.82) is 0 Å². The minimum absolute atomic E-state index is 0.143. The third kappa shape index (κ3) is 26.3. The topological polar surface area (TPSA) is 231 Å². The van der Waals surface area contributed by atoms with E-state index in [4.69, 9.17) is 28.4 Å². The summed E-state index contributed by atoms with van der Waals surface area (Å²) < 4.78 is 33.5. The standard InChI is InChI=1S/C51H88O15/c1-3-5-7-9-11-13-15-17-19-21-23-25-27-29-31-33-42(53)61-36-39(64-43(54)34-32-30-28-26-24-22-20-18-16-14-12-10-8-6-4-2)37-62-50-49(60)47(58)45(56)41(66-50)38-63-51-48(59)46(57)44(55)40(35-52)65-51/h6,8,12,14,17-20,39-41,44-52,55-60H,3-5,7,9-11,13,15-16,21-38H2,1-2H3/b8-6+,14-12+,19-17+,20-18+/t39-,40-,41-,44+,45+,46?,47?,48?,49?,50-,51-/m1/s1. The number of esters is 2. The summed E-state index contributed by atoms with van der Waals surface area (Å²) in [7, 11) is 0. The Balaban J connectivity index is 1.83. The number of hydrogen-bond donors (Lipinski definition) is 7. The molecule has 0 aromatic carbocycles. The number of carbonyl (C=O) groups is 2. The first kappa shape index (κ1) is 59.6. The minimum atomic E-state index is -1.77. The Morgan fingerprint density at radius 3 is 1.52 bits per heavy atom. The largest absolute Gasteiger partial charge is 0.462 e. The van der Waals surface area contributed by atoms with Gasteiger partial charge in [0.05, 0.1) is 19.8 Å². The van der Waals surface area contributed by atoms with E-state index in [0.29, 0.717) is 12.8 Å². The highest BCUT2D eigenvalue weighted by atomic mass is 16.7. The molecular weight excluding hydrogens is 853 g/mol. The molecule has 7 N–H and O–H groups in total. The van der Waals surface area contributed by atoms with Crippen LogP contribution in [0.1, 0.15) is 168 Å². The van der Waals surface area contributed by atoms with E-state index < -0.39 is 99.3 Å². The predicted molar refractivity (Wildman–Crippen MR) is 252 cm³/mol. The number of carbonyl (C=O) groups excluding carboxylic acids is 2. The van der Waals surface area contributed by atoms with Gasteiger partial charge in [-0.1, -0.05) is 133 Å². The fourth-order valence-electron chi connectivity index (χ4n) is 7.64. The van der Waals surface area contributed by atoms with Crippen LogP contribution < -0.4 is 0 Å². The maximum atomic E-state index is 13.0. The van der Waals surface area contributed by atoms with Gasteiger partial charge < -0.3 is 64.2 Å². The fourth-order valence-corrected chi connectivity index (χ4v) is 7.64. The molecule has 2 aliphatic rings. The summed E-state index contributed by atoms with van der Waals surface area (Å²) in [4.78, 5) is 25.7. The molecule has 0 bridgehead atoms. The van der Waals surface area contributed by atoms with Gasteiger partial charge in [-0.25, -0.2) is 0 Å². The van der Waals surface area contributed by atoms with E-state index in [2.05, 4.69) is 62.5 Å². The van der Waals surface area contributed by atoms with Crippen LogP contribution in [0.4, 0.5) is 0 Å². The number of aliphatic hydroxyl groups is 7. The SMILES string of the molecule is CC/C=C/C/C=C/C/C=C/CCCCCCCC(=O)O[C@H](COC(=O)CCCCCCC/C=C/CCCCCCCC)CO[C@@H]1O[C@H](CO[C@@H]2O[C@H](CO)[C@H](O)C(O)C2O)[C@H](O)C(O)C1O. The van der Waals surface area contributed by atoms with E-state index in [0.717, 1.165) is 89.9 Å². The van der Waals surface area contributed by atoms with Gasteiger partial charge >= 0.3 is 11.9 Å². The summed E-state index contributed by atoms with van der Waals surface area (Å²) >= 11 is 0. The van der Waals surface area contributed by atoms with Crippen molar-refractivity contribution >= 4 is 11.9 Å². The van der Waals surface area contributed by atoms with Crippen molar-refractivity contribution in [3.8, 4) is 0 Å². The molecule has 15 nitrogen and oxygen atoms in total. The summed E-state index contributed by atoms with van der Waals surface area (Å²) in [6.45, 7) is 2.44. The molecule has 2 heterocycles. The van der Waals surface area contributed by atoms with Crippen LogP contribution in [0.2, 0.25) is 0 Å². The van der Waals surface area contributed by atoms with Crippen molar-refractivity contribution in [2.24, 2.45) is 0 Å². The summed E-state index contributed by atoms with van der Waals surface area (Å²) in [6.07, 6.45) is 24.2. The van der Waals surface area contributed by atoms with Gasteiger partial charge in [-0.15, -0.1) is 0 Å². The molecule has 2 saturated heterocycles. The van der Waals surface area contributed by atoms with E-state index in [-0.39, 0.29) is 19.4 Å². The average Bonchev–Trinajstić information content (AvgIpc) is 3.31. The van der Waals surface area contributed by atoms with Gasteiger partial charge in [0.25, 0.3) is 0 Å². The molecule has 0 aromatic rings. The Labute approximate surface area is 395 Å². The normalized spacial score (nSPS) is 26.6. The number of hydrogen-bond acceptors (Lipinski definition) is 15. The van der Waals surface area contributed by atoms with Gasteiger partial charge in [0.2, 0.25) is 0 Å². The Bertz CT molecular complexity index is 1340. The van der Waals surface area contributed by atoms with Gasteiger partial charge in [-0.05, 0) is 70.6 Å². The zero-order valence-corrected chi connectivity index (χ0v) is 40.2. The maximum absolute atomic E-state index is 13.0. The second-order valence-corrected chi connectivity index (χ2v) is 17.6. The van der Waals surface area contributed by atoms with Gasteiger partial charge in [0, 0.05) is 12.8 Å². The van der Waals surface area contributed by atoms with Crippen LogP contribution >= 0.6 is 0 Å². The maximum Gasteiger partial charge on any atom is 0.306 e. The minimum Gasteiger partial charge on any atom is -0.462 e. The molecule has 382 valence electrons. The van der Waals surface area contributed by atoms with Crippen molar-refractivity contribution in [1.82, 2.24) is 0 Å². The van der Waals surface area contributed by atoms with Crippen molar-refractivity contribution in [2.75, 3.05) is 26.4 Å². The molecule has 0 aliphatic carbocycles. The monoisotopic (exact) mass is 941 g/mol. The van der Waals surface area contributed by atoms with E-state index in [1.54, 1.807) is 0 Å². The van der Waals surface area contributed by atoms with Crippen molar-refractivity contribution in [3.63, 3.8) is 0 Å². The lowest BCUT2D eigenvalue weighted by molar-refractivity contribution is -0.332. The Hall–Kier alpha value is -2.54. The van der Waals surface area contributed by atoms with Crippen LogP contribution in [-0.2, 0) is 38.0 Å². The fraction of sp³-hybridized carbons (Fsp3) is 0.804.